The zero-order valence-corrected chi connectivity index (χ0v) is 11.8. The van der Waals surface area contributed by atoms with Gasteiger partial charge >= 0.3 is 0 Å². The minimum atomic E-state index is 0.419. The number of nitrogens with one attached hydrogen (secondary N) is 1. The van der Waals surface area contributed by atoms with E-state index in [1.54, 1.807) is 0 Å². The summed E-state index contributed by atoms with van der Waals surface area (Å²) in [6.45, 7) is 15.0. The van der Waals surface area contributed by atoms with E-state index >= 15 is 0 Å². The second-order valence-electron chi connectivity index (χ2n) is 4.52. The Bertz CT molecular complexity index is 328. The second-order valence-corrected chi connectivity index (χ2v) is 4.52. The lowest BCUT2D eigenvalue weighted by Gasteiger charge is -2.23. The second kappa shape index (κ2) is 6.64. The van der Waals surface area contributed by atoms with Crippen LogP contribution in [0.15, 0.2) is 6.20 Å². The topological polar surface area (TPSA) is 33.1 Å². The maximum Gasteiger partial charge on any atom is 0.203 e. The van der Waals surface area contributed by atoms with E-state index in [2.05, 4.69) is 53.7 Å². The standard InChI is InChI=1S/C13H26N4/c1-6-16(7-2)9-11(4)14-13-15-12(5)10-17(13)8-3/h10-11H,6-9H2,1-5H3,(H,14,15). The smallest absolute Gasteiger partial charge is 0.203 e. The monoisotopic (exact) mass is 238 g/mol. The normalized spacial score (nSPS) is 13.1. The highest BCUT2D eigenvalue weighted by molar-refractivity contribution is 5.30. The van der Waals surface area contributed by atoms with Crippen LogP contribution in [0.1, 0.15) is 33.4 Å². The van der Waals surface area contributed by atoms with Crippen LogP contribution in [0.3, 0.4) is 0 Å². The Balaban J connectivity index is 2.57. The van der Waals surface area contributed by atoms with Crippen molar-refractivity contribution in [3.05, 3.63) is 11.9 Å². The lowest BCUT2D eigenvalue weighted by Crippen LogP contribution is -2.35. The van der Waals surface area contributed by atoms with Gasteiger partial charge < -0.3 is 14.8 Å². The van der Waals surface area contributed by atoms with Gasteiger partial charge in [-0.2, -0.15) is 0 Å². The van der Waals surface area contributed by atoms with Crippen LogP contribution < -0.4 is 5.32 Å². The molecule has 1 N–H and O–H groups in total. The van der Waals surface area contributed by atoms with E-state index in [-0.39, 0.29) is 0 Å². The van der Waals surface area contributed by atoms with Crippen molar-refractivity contribution in [1.82, 2.24) is 14.5 Å². The average molecular weight is 238 g/mol. The molecule has 0 aromatic carbocycles. The van der Waals surface area contributed by atoms with E-state index in [1.165, 1.54) is 0 Å². The zero-order valence-electron chi connectivity index (χ0n) is 11.8. The molecule has 0 aliphatic rings. The molecule has 0 saturated carbocycles. The number of nitrogens with zero attached hydrogens (tertiary/aromatic N) is 3. The molecule has 0 amide bonds. The molecule has 0 spiro atoms. The molecule has 1 atom stereocenters. The summed E-state index contributed by atoms with van der Waals surface area (Å²) < 4.78 is 2.16. The first-order valence-corrected chi connectivity index (χ1v) is 6.63. The molecule has 0 aliphatic heterocycles. The van der Waals surface area contributed by atoms with Crippen molar-refractivity contribution in [2.45, 2.75) is 47.2 Å². The lowest BCUT2D eigenvalue weighted by atomic mass is 10.3. The molecule has 1 rings (SSSR count). The molecular weight excluding hydrogens is 212 g/mol. The molecule has 0 saturated heterocycles. The van der Waals surface area contributed by atoms with Gasteiger partial charge in [0.25, 0.3) is 0 Å². The summed E-state index contributed by atoms with van der Waals surface area (Å²) in [6, 6.07) is 0.419. The molecule has 1 aromatic rings. The summed E-state index contributed by atoms with van der Waals surface area (Å²) in [5, 5.41) is 3.49. The molecule has 0 bridgehead atoms. The fourth-order valence-corrected chi connectivity index (χ4v) is 2.04. The largest absolute Gasteiger partial charge is 0.352 e. The number of hydrogen-bond donors (Lipinski definition) is 1. The minimum absolute atomic E-state index is 0.419. The van der Waals surface area contributed by atoms with Gasteiger partial charge in [-0.1, -0.05) is 13.8 Å². The fourth-order valence-electron chi connectivity index (χ4n) is 2.04. The van der Waals surface area contributed by atoms with Crippen LogP contribution in [-0.2, 0) is 6.54 Å². The van der Waals surface area contributed by atoms with Gasteiger partial charge in [-0.25, -0.2) is 4.98 Å². The van der Waals surface area contributed by atoms with Crippen molar-refractivity contribution in [1.29, 1.82) is 0 Å². The first-order valence-electron chi connectivity index (χ1n) is 6.63. The van der Waals surface area contributed by atoms with Gasteiger partial charge in [0.05, 0.1) is 5.69 Å². The van der Waals surface area contributed by atoms with E-state index in [0.29, 0.717) is 6.04 Å². The SMILES string of the molecule is CCN(CC)CC(C)Nc1nc(C)cn1CC. The molecule has 98 valence electrons. The fraction of sp³-hybridized carbons (Fsp3) is 0.769. The van der Waals surface area contributed by atoms with Crippen molar-refractivity contribution in [2.24, 2.45) is 0 Å². The molecular formula is C13H26N4. The third-order valence-corrected chi connectivity index (χ3v) is 3.04. The highest BCUT2D eigenvalue weighted by Gasteiger charge is 2.10. The molecule has 1 aromatic heterocycles. The number of hydrogen-bond acceptors (Lipinski definition) is 3. The van der Waals surface area contributed by atoms with Gasteiger partial charge in [0.15, 0.2) is 0 Å². The summed E-state index contributed by atoms with van der Waals surface area (Å²) in [7, 11) is 0. The quantitative estimate of drug-likeness (QED) is 0.791. The molecule has 0 aliphatic carbocycles. The molecule has 0 fully saturated rings. The molecule has 1 unspecified atom stereocenters. The van der Waals surface area contributed by atoms with E-state index in [1.807, 2.05) is 6.92 Å². The van der Waals surface area contributed by atoms with Crippen LogP contribution in [0.2, 0.25) is 0 Å². The lowest BCUT2D eigenvalue weighted by molar-refractivity contribution is 0.294. The van der Waals surface area contributed by atoms with Crippen LogP contribution in [0.4, 0.5) is 5.95 Å². The molecule has 1 heterocycles. The Morgan fingerprint density at radius 2 is 2.00 bits per heavy atom. The van der Waals surface area contributed by atoms with Gasteiger partial charge in [-0.3, -0.25) is 0 Å². The van der Waals surface area contributed by atoms with E-state index in [4.69, 9.17) is 0 Å². The number of aryl methyl sites for hydroxylation is 2. The van der Waals surface area contributed by atoms with Crippen LogP contribution in [0.5, 0.6) is 0 Å². The van der Waals surface area contributed by atoms with Crippen molar-refractivity contribution >= 4 is 5.95 Å². The van der Waals surface area contributed by atoms with Crippen molar-refractivity contribution in [3.63, 3.8) is 0 Å². The third kappa shape index (κ3) is 4.04. The minimum Gasteiger partial charge on any atom is -0.352 e. The third-order valence-electron chi connectivity index (χ3n) is 3.04. The van der Waals surface area contributed by atoms with Crippen LogP contribution in [-0.4, -0.2) is 40.1 Å². The maximum atomic E-state index is 4.51. The Hall–Kier alpha value is -1.03. The molecule has 4 nitrogen and oxygen atoms in total. The Kier molecular flexibility index (Phi) is 5.48. The Morgan fingerprint density at radius 1 is 1.35 bits per heavy atom. The van der Waals surface area contributed by atoms with Gasteiger partial charge in [-0.15, -0.1) is 0 Å². The van der Waals surface area contributed by atoms with Gasteiger partial charge in [0.1, 0.15) is 0 Å². The Labute approximate surface area is 105 Å². The molecule has 4 heteroatoms. The number of aromatic nitrogens is 2. The first kappa shape index (κ1) is 14.0. The predicted octanol–water partition coefficient (Wildman–Crippen LogP) is 2.35. The summed E-state index contributed by atoms with van der Waals surface area (Å²) in [4.78, 5) is 6.93. The predicted molar refractivity (Wildman–Crippen MR) is 73.5 cm³/mol. The Morgan fingerprint density at radius 3 is 2.53 bits per heavy atom. The van der Waals surface area contributed by atoms with Gasteiger partial charge in [-0.05, 0) is 33.9 Å². The van der Waals surface area contributed by atoms with Crippen LogP contribution in [0, 0.1) is 6.92 Å². The van der Waals surface area contributed by atoms with Crippen molar-refractivity contribution in [2.75, 3.05) is 25.0 Å². The summed E-state index contributed by atoms with van der Waals surface area (Å²) in [5.74, 6) is 0.990. The van der Waals surface area contributed by atoms with E-state index < -0.39 is 0 Å². The molecule has 17 heavy (non-hydrogen) atoms. The number of rotatable bonds is 7. The van der Waals surface area contributed by atoms with Gasteiger partial charge in [0.2, 0.25) is 5.95 Å². The van der Waals surface area contributed by atoms with Crippen molar-refractivity contribution < 1.29 is 0 Å². The summed E-state index contributed by atoms with van der Waals surface area (Å²) >= 11 is 0. The highest BCUT2D eigenvalue weighted by Crippen LogP contribution is 2.09. The van der Waals surface area contributed by atoms with Crippen molar-refractivity contribution in [3.8, 4) is 0 Å². The average Bonchev–Trinajstić information content (AvgIpc) is 2.66. The van der Waals surface area contributed by atoms with Crippen LogP contribution >= 0.6 is 0 Å². The summed E-state index contributed by atoms with van der Waals surface area (Å²) in [5.41, 5.74) is 1.07. The molecule has 0 radical (unpaired) electrons. The summed E-state index contributed by atoms with van der Waals surface area (Å²) in [6.07, 6.45) is 2.09. The first-order chi connectivity index (χ1) is 8.10. The zero-order chi connectivity index (χ0) is 12.8. The van der Waals surface area contributed by atoms with Gasteiger partial charge in [0, 0.05) is 25.3 Å². The van der Waals surface area contributed by atoms with E-state index in [9.17, 15) is 0 Å². The number of likely N-dealkylation sites (N-methyl/N-ethyl adjacent to an activating group) is 1. The highest BCUT2D eigenvalue weighted by atomic mass is 15.2. The maximum absolute atomic E-state index is 4.51. The number of imidazole rings is 1. The number of anilines is 1. The van der Waals surface area contributed by atoms with E-state index in [0.717, 1.165) is 37.8 Å². The van der Waals surface area contributed by atoms with Crippen LogP contribution in [0.25, 0.3) is 0 Å².